The highest BCUT2D eigenvalue weighted by Crippen LogP contribution is 1.92. The summed E-state index contributed by atoms with van der Waals surface area (Å²) < 4.78 is 8.58. The Morgan fingerprint density at radius 1 is 1.25 bits per heavy atom. The quantitative estimate of drug-likeness (QED) is 0.242. The molecular formula is C3H8N2O3. The van der Waals surface area contributed by atoms with Crippen molar-refractivity contribution in [2.24, 2.45) is 11.7 Å². The molecule has 0 radical (unpaired) electrons. The van der Waals surface area contributed by atoms with Crippen molar-refractivity contribution in [1.82, 2.24) is 0 Å². The van der Waals surface area contributed by atoms with Crippen molar-refractivity contribution in [3.05, 3.63) is 0 Å². The molecule has 0 unspecified atom stereocenters. The Labute approximate surface area is 46.5 Å². The lowest BCUT2D eigenvalue weighted by Crippen LogP contribution is -2.02. The summed E-state index contributed by atoms with van der Waals surface area (Å²) in [5, 5.41) is 0. The number of rotatable bonds is 0. The van der Waals surface area contributed by atoms with E-state index >= 15 is 0 Å². The van der Waals surface area contributed by atoms with Crippen LogP contribution in [0, 0.1) is 0 Å². The summed E-state index contributed by atoms with van der Waals surface area (Å²) in [5.41, 5.74) is 0. The fourth-order valence-electron chi connectivity index (χ4n) is 0.292. The zero-order valence-electron chi connectivity index (χ0n) is 4.29. The topological polar surface area (TPSA) is 87.6 Å². The molecule has 0 aliphatic carbocycles. The predicted octanol–water partition coefficient (Wildman–Crippen LogP) is -1.03. The van der Waals surface area contributed by atoms with Gasteiger partial charge in [-0.3, -0.25) is 11.7 Å². The van der Waals surface area contributed by atoms with Gasteiger partial charge in [0.15, 0.2) is 0 Å². The first-order valence-corrected chi connectivity index (χ1v) is 2.02. The van der Waals surface area contributed by atoms with E-state index in [0.717, 1.165) is 0 Å². The van der Waals surface area contributed by atoms with E-state index in [4.69, 9.17) is 0 Å². The lowest BCUT2D eigenvalue weighted by molar-refractivity contribution is 0.131. The number of nitrogens with two attached hydrogens (primary N) is 2. The fraction of sp³-hybridized carbons (Fsp3) is 0.667. The Bertz CT molecular complexity index is 66.9. The second kappa shape index (κ2) is 4.35. The van der Waals surface area contributed by atoms with Crippen LogP contribution in [0.2, 0.25) is 0 Å². The number of hydrazine groups is 1. The van der Waals surface area contributed by atoms with Crippen molar-refractivity contribution in [2.75, 3.05) is 13.2 Å². The van der Waals surface area contributed by atoms with Gasteiger partial charge in [-0.1, -0.05) is 0 Å². The van der Waals surface area contributed by atoms with Crippen LogP contribution in [0.3, 0.4) is 0 Å². The molecule has 1 saturated heterocycles. The molecule has 48 valence electrons. The molecule has 1 aliphatic heterocycles. The van der Waals surface area contributed by atoms with Gasteiger partial charge >= 0.3 is 6.16 Å². The second-order valence-corrected chi connectivity index (χ2v) is 0.947. The highest BCUT2D eigenvalue weighted by atomic mass is 16.8. The summed E-state index contributed by atoms with van der Waals surface area (Å²) in [6.45, 7) is 0.831. The van der Waals surface area contributed by atoms with Crippen molar-refractivity contribution in [3.63, 3.8) is 0 Å². The molecule has 0 aromatic carbocycles. The molecule has 0 aromatic heterocycles. The molecule has 1 rings (SSSR count). The fourth-order valence-corrected chi connectivity index (χ4v) is 0.292. The first-order valence-electron chi connectivity index (χ1n) is 2.02. The zero-order valence-corrected chi connectivity index (χ0v) is 4.29. The van der Waals surface area contributed by atoms with E-state index in [1.165, 1.54) is 0 Å². The van der Waals surface area contributed by atoms with Crippen LogP contribution in [-0.4, -0.2) is 19.4 Å². The van der Waals surface area contributed by atoms with Crippen molar-refractivity contribution < 1.29 is 14.3 Å². The highest BCUT2D eigenvalue weighted by molar-refractivity contribution is 5.61. The van der Waals surface area contributed by atoms with Crippen LogP contribution in [-0.2, 0) is 9.47 Å². The van der Waals surface area contributed by atoms with Gasteiger partial charge in [0.2, 0.25) is 0 Å². The summed E-state index contributed by atoms with van der Waals surface area (Å²) in [4.78, 5) is 9.80. The van der Waals surface area contributed by atoms with Crippen LogP contribution in [0.1, 0.15) is 0 Å². The maximum atomic E-state index is 9.80. The van der Waals surface area contributed by atoms with Crippen LogP contribution in [0.5, 0.6) is 0 Å². The monoisotopic (exact) mass is 120 g/mol. The Hall–Kier alpha value is -0.810. The van der Waals surface area contributed by atoms with E-state index < -0.39 is 6.16 Å². The van der Waals surface area contributed by atoms with Crippen LogP contribution in [0.25, 0.3) is 0 Å². The zero-order chi connectivity index (χ0) is 6.41. The summed E-state index contributed by atoms with van der Waals surface area (Å²) in [5.74, 6) is 8.00. The SMILES string of the molecule is NN.O=C1OCCO1. The van der Waals surface area contributed by atoms with Crippen LogP contribution in [0.15, 0.2) is 0 Å². The third-order valence-electron chi connectivity index (χ3n) is 0.523. The number of hydrogen-bond donors (Lipinski definition) is 2. The summed E-state index contributed by atoms with van der Waals surface area (Å²) in [6.07, 6.45) is -0.546. The average molecular weight is 120 g/mol. The van der Waals surface area contributed by atoms with Gasteiger partial charge in [-0.2, -0.15) is 0 Å². The van der Waals surface area contributed by atoms with Crippen LogP contribution in [0.4, 0.5) is 4.79 Å². The molecule has 0 saturated carbocycles. The van der Waals surface area contributed by atoms with Crippen LogP contribution >= 0.6 is 0 Å². The number of cyclic esters (lactones) is 2. The highest BCUT2D eigenvalue weighted by Gasteiger charge is 2.09. The predicted molar refractivity (Wildman–Crippen MR) is 25.7 cm³/mol. The first kappa shape index (κ1) is 7.19. The first-order chi connectivity index (χ1) is 3.89. The molecule has 1 fully saturated rings. The minimum Gasteiger partial charge on any atom is -0.431 e. The molecule has 0 spiro atoms. The normalized spacial score (nSPS) is 15.5. The van der Waals surface area contributed by atoms with E-state index in [-0.39, 0.29) is 0 Å². The molecule has 0 aromatic rings. The average Bonchev–Trinajstić information content (AvgIpc) is 2.24. The summed E-state index contributed by atoms with van der Waals surface area (Å²) in [7, 11) is 0. The molecule has 1 heterocycles. The van der Waals surface area contributed by atoms with E-state index in [1.807, 2.05) is 0 Å². The van der Waals surface area contributed by atoms with Gasteiger partial charge in [-0.15, -0.1) is 0 Å². The molecule has 4 N–H and O–H groups in total. The number of ether oxygens (including phenoxy) is 2. The number of carbonyl (C=O) groups excluding carboxylic acids is 1. The van der Waals surface area contributed by atoms with E-state index in [2.05, 4.69) is 21.2 Å². The van der Waals surface area contributed by atoms with Gasteiger partial charge in [-0.25, -0.2) is 4.79 Å². The molecule has 5 heteroatoms. The lowest BCUT2D eigenvalue weighted by Gasteiger charge is -1.78. The smallest absolute Gasteiger partial charge is 0.431 e. The number of carbonyl (C=O) groups is 1. The Balaban J connectivity index is 0.000000222. The Morgan fingerprint density at radius 2 is 1.62 bits per heavy atom. The van der Waals surface area contributed by atoms with Crippen LogP contribution < -0.4 is 11.7 Å². The van der Waals surface area contributed by atoms with Crippen molar-refractivity contribution in [2.45, 2.75) is 0 Å². The van der Waals surface area contributed by atoms with Gasteiger partial charge in [-0.05, 0) is 0 Å². The molecule has 0 amide bonds. The maximum Gasteiger partial charge on any atom is 0.508 e. The van der Waals surface area contributed by atoms with Gasteiger partial charge in [0.05, 0.1) is 0 Å². The maximum absolute atomic E-state index is 9.80. The Kier molecular flexibility index (Phi) is 3.91. The minimum absolute atomic E-state index is 0.416. The third kappa shape index (κ3) is 2.38. The molecular weight excluding hydrogens is 112 g/mol. The number of hydrogen-bond acceptors (Lipinski definition) is 5. The molecule has 8 heavy (non-hydrogen) atoms. The molecule has 0 bridgehead atoms. The van der Waals surface area contributed by atoms with Crippen molar-refractivity contribution in [1.29, 1.82) is 0 Å². The molecule has 1 aliphatic rings. The lowest BCUT2D eigenvalue weighted by atomic mass is 10.8. The summed E-state index contributed by atoms with van der Waals surface area (Å²) >= 11 is 0. The van der Waals surface area contributed by atoms with E-state index in [9.17, 15) is 4.79 Å². The van der Waals surface area contributed by atoms with Gasteiger partial charge in [0, 0.05) is 0 Å². The van der Waals surface area contributed by atoms with E-state index in [1.54, 1.807) is 0 Å². The second-order valence-electron chi connectivity index (χ2n) is 0.947. The van der Waals surface area contributed by atoms with Gasteiger partial charge in [0.25, 0.3) is 0 Å². The standard InChI is InChI=1S/C3H4O3.H4N2/c4-3-5-1-2-6-3;1-2/h1-2H2;1-2H2. The molecule has 0 atom stereocenters. The minimum atomic E-state index is -0.546. The largest absolute Gasteiger partial charge is 0.508 e. The molecule has 5 nitrogen and oxygen atoms in total. The van der Waals surface area contributed by atoms with Crippen molar-refractivity contribution in [3.8, 4) is 0 Å². The van der Waals surface area contributed by atoms with Gasteiger partial charge < -0.3 is 9.47 Å². The Morgan fingerprint density at radius 3 is 1.75 bits per heavy atom. The summed E-state index contributed by atoms with van der Waals surface area (Å²) in [6, 6.07) is 0. The van der Waals surface area contributed by atoms with Crippen molar-refractivity contribution >= 4 is 6.16 Å². The van der Waals surface area contributed by atoms with Gasteiger partial charge in [0.1, 0.15) is 13.2 Å². The third-order valence-corrected chi connectivity index (χ3v) is 0.523. The van der Waals surface area contributed by atoms with E-state index in [0.29, 0.717) is 13.2 Å².